The third-order valence-corrected chi connectivity index (χ3v) is 7.10. The fourth-order valence-corrected chi connectivity index (χ4v) is 5.04. The Morgan fingerprint density at radius 2 is 1.65 bits per heavy atom. The predicted octanol–water partition coefficient (Wildman–Crippen LogP) is 6.79. The standard InChI is InChI=1S/C29H30N4S/c1-19(2)22-11-14-23(15-12-22)33-28(27(31-29(33)34)25-8-5-6-16-30-25)26-9-7-17-32(26)24-13-10-20(3)21(4)18-24/h5-19,27-28H,1-4H3,(H,31,34)/t27-,28-/m0/s1. The van der Waals surface area contributed by atoms with Gasteiger partial charge in [-0.3, -0.25) is 4.98 Å². The van der Waals surface area contributed by atoms with E-state index in [1.807, 2.05) is 18.3 Å². The quantitative estimate of drug-likeness (QED) is 0.328. The highest BCUT2D eigenvalue weighted by Gasteiger charge is 2.42. The highest BCUT2D eigenvalue weighted by molar-refractivity contribution is 7.80. The van der Waals surface area contributed by atoms with Gasteiger partial charge in [-0.1, -0.05) is 38.1 Å². The molecule has 3 heterocycles. The number of aryl methyl sites for hydroxylation is 2. The van der Waals surface area contributed by atoms with Crippen LogP contribution in [-0.2, 0) is 0 Å². The number of aromatic nitrogens is 2. The number of nitrogens with one attached hydrogen (secondary N) is 1. The first-order valence-corrected chi connectivity index (χ1v) is 12.2. The predicted molar refractivity (Wildman–Crippen MR) is 144 cm³/mol. The molecule has 0 aliphatic carbocycles. The van der Waals surface area contributed by atoms with E-state index in [1.165, 1.54) is 22.4 Å². The molecule has 5 heteroatoms. The molecule has 2 aromatic heterocycles. The monoisotopic (exact) mass is 466 g/mol. The molecule has 1 fully saturated rings. The lowest BCUT2D eigenvalue weighted by Gasteiger charge is -2.29. The van der Waals surface area contributed by atoms with Crippen LogP contribution in [0.4, 0.5) is 5.69 Å². The van der Waals surface area contributed by atoms with Crippen molar-refractivity contribution in [2.45, 2.75) is 45.7 Å². The number of pyridine rings is 1. The summed E-state index contributed by atoms with van der Waals surface area (Å²) in [7, 11) is 0. The molecule has 0 bridgehead atoms. The summed E-state index contributed by atoms with van der Waals surface area (Å²) in [5.74, 6) is 0.483. The molecule has 0 saturated carbocycles. The smallest absolute Gasteiger partial charge is 0.174 e. The van der Waals surface area contributed by atoms with Gasteiger partial charge in [-0.15, -0.1) is 0 Å². The summed E-state index contributed by atoms with van der Waals surface area (Å²) in [6.07, 6.45) is 3.98. The van der Waals surface area contributed by atoms with E-state index < -0.39 is 0 Å². The van der Waals surface area contributed by atoms with Crippen molar-refractivity contribution in [3.63, 3.8) is 0 Å². The third-order valence-electron chi connectivity index (χ3n) is 6.79. The van der Waals surface area contributed by atoms with Crippen molar-refractivity contribution in [2.75, 3.05) is 4.90 Å². The first-order chi connectivity index (χ1) is 16.4. The van der Waals surface area contributed by atoms with Gasteiger partial charge in [0, 0.05) is 29.5 Å². The van der Waals surface area contributed by atoms with Crippen LogP contribution < -0.4 is 10.2 Å². The minimum absolute atomic E-state index is 0.0519. The maximum absolute atomic E-state index is 5.91. The average Bonchev–Trinajstić information content (AvgIpc) is 3.45. The van der Waals surface area contributed by atoms with E-state index in [0.29, 0.717) is 11.0 Å². The lowest BCUT2D eigenvalue weighted by Crippen LogP contribution is -2.30. The Balaban J connectivity index is 1.64. The van der Waals surface area contributed by atoms with Gasteiger partial charge in [0.15, 0.2) is 5.11 Å². The topological polar surface area (TPSA) is 33.1 Å². The summed E-state index contributed by atoms with van der Waals surface area (Å²) in [6, 6.07) is 25.6. The first-order valence-electron chi connectivity index (χ1n) is 11.8. The van der Waals surface area contributed by atoms with Crippen molar-refractivity contribution in [3.05, 3.63) is 113 Å². The molecule has 34 heavy (non-hydrogen) atoms. The van der Waals surface area contributed by atoms with E-state index in [4.69, 9.17) is 17.2 Å². The maximum Gasteiger partial charge on any atom is 0.174 e. The van der Waals surface area contributed by atoms with Gasteiger partial charge in [0.05, 0.1) is 11.7 Å². The van der Waals surface area contributed by atoms with E-state index in [2.05, 4.69) is 109 Å². The Morgan fingerprint density at radius 1 is 0.882 bits per heavy atom. The van der Waals surface area contributed by atoms with Crippen LogP contribution in [0.5, 0.6) is 0 Å². The number of nitrogens with zero attached hydrogens (tertiary/aromatic N) is 3. The molecule has 0 radical (unpaired) electrons. The van der Waals surface area contributed by atoms with Crippen LogP contribution in [0.15, 0.2) is 85.2 Å². The lowest BCUT2D eigenvalue weighted by atomic mass is 9.99. The van der Waals surface area contributed by atoms with Gasteiger partial charge in [-0.25, -0.2) is 0 Å². The van der Waals surface area contributed by atoms with Gasteiger partial charge in [0.2, 0.25) is 0 Å². The van der Waals surface area contributed by atoms with Crippen molar-refractivity contribution < 1.29 is 0 Å². The van der Waals surface area contributed by atoms with Crippen molar-refractivity contribution in [3.8, 4) is 5.69 Å². The summed E-state index contributed by atoms with van der Waals surface area (Å²) >= 11 is 5.91. The summed E-state index contributed by atoms with van der Waals surface area (Å²) in [6.45, 7) is 8.74. The molecule has 2 aromatic carbocycles. The molecule has 0 unspecified atom stereocenters. The molecule has 2 atom stereocenters. The molecule has 172 valence electrons. The number of hydrogen-bond donors (Lipinski definition) is 1. The number of benzene rings is 2. The molecule has 1 aliphatic heterocycles. The average molecular weight is 467 g/mol. The van der Waals surface area contributed by atoms with Gasteiger partial charge in [0.25, 0.3) is 0 Å². The normalized spacial score (nSPS) is 17.9. The number of hydrogen-bond acceptors (Lipinski definition) is 2. The first kappa shape index (κ1) is 22.4. The van der Waals surface area contributed by atoms with Crippen molar-refractivity contribution in [2.24, 2.45) is 0 Å². The van der Waals surface area contributed by atoms with Crippen LogP contribution in [-0.4, -0.2) is 14.7 Å². The zero-order valence-electron chi connectivity index (χ0n) is 20.1. The maximum atomic E-state index is 5.91. The fourth-order valence-electron chi connectivity index (χ4n) is 4.70. The van der Waals surface area contributed by atoms with E-state index in [0.717, 1.165) is 17.1 Å². The van der Waals surface area contributed by atoms with Crippen LogP contribution in [0, 0.1) is 13.8 Å². The molecule has 0 amide bonds. The summed E-state index contributed by atoms with van der Waals surface area (Å²) < 4.78 is 2.28. The zero-order chi connectivity index (χ0) is 23.8. The Labute approximate surface area is 207 Å². The Morgan fingerprint density at radius 3 is 2.32 bits per heavy atom. The summed E-state index contributed by atoms with van der Waals surface area (Å²) in [4.78, 5) is 6.93. The SMILES string of the molecule is Cc1ccc(-n2cccc2[C@H]2[C@H](c3ccccn3)NC(=S)N2c2ccc(C(C)C)cc2)cc1C. The molecular weight excluding hydrogens is 436 g/mol. The molecule has 0 spiro atoms. The van der Waals surface area contributed by atoms with Crippen LogP contribution in [0.25, 0.3) is 5.69 Å². The molecule has 1 N–H and O–H groups in total. The Hall–Kier alpha value is -3.44. The lowest BCUT2D eigenvalue weighted by molar-refractivity contribution is 0.549. The molecule has 5 rings (SSSR count). The highest BCUT2D eigenvalue weighted by atomic mass is 32.1. The molecule has 1 aliphatic rings. The molecule has 4 nitrogen and oxygen atoms in total. The van der Waals surface area contributed by atoms with Crippen LogP contribution in [0.2, 0.25) is 0 Å². The van der Waals surface area contributed by atoms with E-state index in [-0.39, 0.29) is 12.1 Å². The van der Waals surface area contributed by atoms with Crippen molar-refractivity contribution in [1.82, 2.24) is 14.9 Å². The number of thiocarbonyl (C=S) groups is 1. The van der Waals surface area contributed by atoms with Gasteiger partial charge < -0.3 is 14.8 Å². The van der Waals surface area contributed by atoms with Crippen LogP contribution in [0.3, 0.4) is 0 Å². The minimum Gasteiger partial charge on any atom is -0.351 e. The van der Waals surface area contributed by atoms with Crippen LogP contribution in [0.1, 0.15) is 59.9 Å². The molecule has 1 saturated heterocycles. The minimum atomic E-state index is -0.0707. The fraction of sp³-hybridized carbons (Fsp3) is 0.241. The second-order valence-electron chi connectivity index (χ2n) is 9.31. The molecule has 4 aromatic rings. The highest BCUT2D eigenvalue weighted by Crippen LogP contribution is 2.42. The second-order valence-corrected chi connectivity index (χ2v) is 9.70. The summed E-state index contributed by atoms with van der Waals surface area (Å²) in [5.41, 5.74) is 8.26. The third kappa shape index (κ3) is 4.01. The van der Waals surface area contributed by atoms with Gasteiger partial charge >= 0.3 is 0 Å². The summed E-state index contributed by atoms with van der Waals surface area (Å²) in [5, 5.41) is 4.29. The van der Waals surface area contributed by atoms with Gasteiger partial charge in [-0.05, 0) is 97.2 Å². The van der Waals surface area contributed by atoms with E-state index in [1.54, 1.807) is 0 Å². The zero-order valence-corrected chi connectivity index (χ0v) is 20.9. The second kappa shape index (κ2) is 9.07. The number of rotatable bonds is 5. The van der Waals surface area contributed by atoms with E-state index >= 15 is 0 Å². The molecular formula is C29H30N4S. The van der Waals surface area contributed by atoms with Crippen molar-refractivity contribution >= 4 is 23.0 Å². The van der Waals surface area contributed by atoms with Crippen molar-refractivity contribution in [1.29, 1.82) is 0 Å². The number of anilines is 1. The Kier molecular flexibility index (Phi) is 5.96. The largest absolute Gasteiger partial charge is 0.351 e. The van der Waals surface area contributed by atoms with Gasteiger partial charge in [-0.2, -0.15) is 0 Å². The Bertz CT molecular complexity index is 1310. The van der Waals surface area contributed by atoms with E-state index in [9.17, 15) is 0 Å². The van der Waals surface area contributed by atoms with Crippen LogP contribution >= 0.6 is 12.2 Å². The van der Waals surface area contributed by atoms with Gasteiger partial charge in [0.1, 0.15) is 6.04 Å².